The lowest BCUT2D eigenvalue weighted by Gasteiger charge is -2.36. The van der Waals surface area contributed by atoms with Crippen molar-refractivity contribution in [3.05, 3.63) is 65.7 Å². The second kappa shape index (κ2) is 5.02. The summed E-state index contributed by atoms with van der Waals surface area (Å²) in [7, 11) is 0. The van der Waals surface area contributed by atoms with Gasteiger partial charge in [-0.05, 0) is 30.5 Å². The molecule has 20 heavy (non-hydrogen) atoms. The summed E-state index contributed by atoms with van der Waals surface area (Å²) in [6.07, 6.45) is 0.871. The molecule has 0 fully saturated rings. The summed E-state index contributed by atoms with van der Waals surface area (Å²) >= 11 is 0. The van der Waals surface area contributed by atoms with Crippen LogP contribution in [0.2, 0.25) is 0 Å². The van der Waals surface area contributed by atoms with Gasteiger partial charge in [0.25, 0.3) is 0 Å². The van der Waals surface area contributed by atoms with Gasteiger partial charge in [-0.3, -0.25) is 0 Å². The summed E-state index contributed by atoms with van der Waals surface area (Å²) < 4.78 is 5.72. The van der Waals surface area contributed by atoms with Crippen LogP contribution in [-0.2, 0) is 5.41 Å². The second-order valence-corrected chi connectivity index (χ2v) is 5.41. The van der Waals surface area contributed by atoms with E-state index in [9.17, 15) is 5.26 Å². The molecule has 2 nitrogen and oxygen atoms in total. The summed E-state index contributed by atoms with van der Waals surface area (Å²) in [5.74, 6) is 1.08. The van der Waals surface area contributed by atoms with Gasteiger partial charge in [0.15, 0.2) is 0 Å². The quantitative estimate of drug-likeness (QED) is 0.819. The number of hydrogen-bond donors (Lipinski definition) is 0. The molecule has 0 saturated carbocycles. The van der Waals surface area contributed by atoms with E-state index in [0.717, 1.165) is 23.3 Å². The molecule has 2 atom stereocenters. The van der Waals surface area contributed by atoms with Gasteiger partial charge in [0.2, 0.25) is 0 Å². The number of fused-ring (bicyclic) bond motifs is 1. The molecule has 1 aliphatic rings. The van der Waals surface area contributed by atoms with Crippen LogP contribution in [0.15, 0.2) is 54.6 Å². The molecule has 2 aromatic rings. The smallest absolute Gasteiger partial charge is 0.122 e. The Kier molecular flexibility index (Phi) is 3.20. The fraction of sp³-hybridized carbons (Fsp3) is 0.278. The zero-order valence-electron chi connectivity index (χ0n) is 11.5. The number of rotatable bonds is 2. The summed E-state index contributed by atoms with van der Waals surface area (Å²) in [5, 5.41) is 9.83. The highest BCUT2D eigenvalue weighted by Crippen LogP contribution is 2.45. The molecule has 2 aromatic carbocycles. The topological polar surface area (TPSA) is 33.0 Å². The molecule has 0 spiro atoms. The first-order valence-corrected chi connectivity index (χ1v) is 6.94. The van der Waals surface area contributed by atoms with Crippen molar-refractivity contribution in [1.82, 2.24) is 0 Å². The average Bonchev–Trinajstić information content (AvgIpc) is 2.54. The third kappa shape index (κ3) is 1.96. The van der Waals surface area contributed by atoms with Crippen molar-refractivity contribution in [1.29, 1.82) is 5.26 Å². The summed E-state index contributed by atoms with van der Waals surface area (Å²) in [5.41, 5.74) is 1.69. The van der Waals surface area contributed by atoms with Gasteiger partial charge in [-0.1, -0.05) is 48.5 Å². The monoisotopic (exact) mass is 263 g/mol. The molecule has 2 unspecified atom stereocenters. The van der Waals surface area contributed by atoms with Gasteiger partial charge in [0.1, 0.15) is 5.75 Å². The molecule has 0 aromatic heterocycles. The van der Waals surface area contributed by atoms with Gasteiger partial charge < -0.3 is 4.74 Å². The number of para-hydroxylation sites is 1. The van der Waals surface area contributed by atoms with Crippen LogP contribution in [0.4, 0.5) is 0 Å². The largest absolute Gasteiger partial charge is 0.493 e. The van der Waals surface area contributed by atoms with Crippen LogP contribution < -0.4 is 4.74 Å². The fourth-order valence-corrected chi connectivity index (χ4v) is 3.07. The van der Waals surface area contributed by atoms with Crippen LogP contribution in [0, 0.1) is 11.3 Å². The van der Waals surface area contributed by atoms with Gasteiger partial charge >= 0.3 is 0 Å². The number of ether oxygens (including phenoxy) is 1. The van der Waals surface area contributed by atoms with E-state index in [1.807, 2.05) is 55.5 Å². The predicted molar refractivity (Wildman–Crippen MR) is 78.7 cm³/mol. The minimum absolute atomic E-state index is 0.167. The first kappa shape index (κ1) is 12.7. The molecule has 0 radical (unpaired) electrons. The van der Waals surface area contributed by atoms with E-state index >= 15 is 0 Å². The Morgan fingerprint density at radius 3 is 2.55 bits per heavy atom. The Hall–Kier alpha value is -2.27. The molecule has 100 valence electrons. The highest BCUT2D eigenvalue weighted by atomic mass is 16.5. The van der Waals surface area contributed by atoms with E-state index in [0.29, 0.717) is 6.61 Å². The van der Waals surface area contributed by atoms with Crippen LogP contribution in [-0.4, -0.2) is 6.61 Å². The Bertz CT molecular complexity index is 644. The van der Waals surface area contributed by atoms with Gasteiger partial charge in [0.05, 0.1) is 18.1 Å². The van der Waals surface area contributed by atoms with Crippen molar-refractivity contribution in [2.24, 2.45) is 0 Å². The third-order valence-corrected chi connectivity index (χ3v) is 4.26. The van der Waals surface area contributed by atoms with Gasteiger partial charge in [0, 0.05) is 5.92 Å². The summed E-state index contributed by atoms with van der Waals surface area (Å²) in [6.45, 7) is 2.71. The number of benzene rings is 2. The van der Waals surface area contributed by atoms with E-state index in [-0.39, 0.29) is 5.92 Å². The number of hydrogen-bond acceptors (Lipinski definition) is 2. The van der Waals surface area contributed by atoms with E-state index in [1.165, 1.54) is 0 Å². The molecular weight excluding hydrogens is 246 g/mol. The highest BCUT2D eigenvalue weighted by molar-refractivity contribution is 5.45. The maximum atomic E-state index is 9.83. The van der Waals surface area contributed by atoms with Gasteiger partial charge in [-0.15, -0.1) is 0 Å². The highest BCUT2D eigenvalue weighted by Gasteiger charge is 2.40. The van der Waals surface area contributed by atoms with Gasteiger partial charge in [-0.25, -0.2) is 0 Å². The van der Waals surface area contributed by atoms with E-state index in [4.69, 9.17) is 4.74 Å². The van der Waals surface area contributed by atoms with Crippen molar-refractivity contribution < 1.29 is 4.74 Å². The number of nitrogens with zero attached hydrogens (tertiary/aromatic N) is 1. The van der Waals surface area contributed by atoms with Crippen molar-refractivity contribution in [3.8, 4) is 11.8 Å². The molecule has 0 amide bonds. The van der Waals surface area contributed by atoms with Crippen molar-refractivity contribution >= 4 is 0 Å². The van der Waals surface area contributed by atoms with E-state index in [1.54, 1.807) is 0 Å². The van der Waals surface area contributed by atoms with E-state index in [2.05, 4.69) is 12.1 Å². The van der Waals surface area contributed by atoms with Crippen LogP contribution in [0.25, 0.3) is 0 Å². The van der Waals surface area contributed by atoms with E-state index < -0.39 is 5.41 Å². The Morgan fingerprint density at radius 1 is 1.10 bits per heavy atom. The average molecular weight is 263 g/mol. The lowest BCUT2D eigenvalue weighted by Crippen LogP contribution is -2.32. The molecule has 0 bridgehead atoms. The molecule has 0 aliphatic carbocycles. The Labute approximate surface area is 119 Å². The van der Waals surface area contributed by atoms with Gasteiger partial charge in [-0.2, -0.15) is 5.26 Å². The second-order valence-electron chi connectivity index (χ2n) is 5.41. The molecule has 0 saturated heterocycles. The molecule has 2 heteroatoms. The maximum absolute atomic E-state index is 9.83. The lowest BCUT2D eigenvalue weighted by atomic mass is 9.68. The van der Waals surface area contributed by atoms with Crippen molar-refractivity contribution in [3.63, 3.8) is 0 Å². The summed E-state index contributed by atoms with van der Waals surface area (Å²) in [4.78, 5) is 0. The molecule has 0 N–H and O–H groups in total. The molecule has 3 rings (SSSR count). The van der Waals surface area contributed by atoms with Crippen LogP contribution >= 0.6 is 0 Å². The zero-order valence-corrected chi connectivity index (χ0v) is 11.5. The first-order valence-electron chi connectivity index (χ1n) is 6.94. The zero-order chi connectivity index (χ0) is 14.0. The standard InChI is InChI=1S/C18H17NO/c1-18(13-19,14-7-3-2-4-8-14)16-11-12-20-17-10-6-5-9-15(16)17/h2-10,16H,11-12H2,1H3. The minimum Gasteiger partial charge on any atom is -0.493 e. The van der Waals surface area contributed by atoms with Crippen LogP contribution in [0.3, 0.4) is 0 Å². The fourth-order valence-electron chi connectivity index (χ4n) is 3.07. The van der Waals surface area contributed by atoms with Crippen molar-refractivity contribution in [2.75, 3.05) is 6.61 Å². The third-order valence-electron chi connectivity index (χ3n) is 4.26. The first-order chi connectivity index (χ1) is 9.75. The SMILES string of the molecule is CC(C#N)(c1ccccc1)C1CCOc2ccccc21. The van der Waals surface area contributed by atoms with Crippen LogP contribution in [0.5, 0.6) is 5.75 Å². The minimum atomic E-state index is -0.527. The normalized spacial score (nSPS) is 20.1. The molecule has 1 aliphatic heterocycles. The number of nitriles is 1. The van der Waals surface area contributed by atoms with Crippen LogP contribution in [0.1, 0.15) is 30.4 Å². The molecule has 1 heterocycles. The van der Waals surface area contributed by atoms with Crippen molar-refractivity contribution in [2.45, 2.75) is 24.7 Å². The molecular formula is C18H17NO. The maximum Gasteiger partial charge on any atom is 0.122 e. The Balaban J connectivity index is 2.10. The summed E-state index contributed by atoms with van der Waals surface area (Å²) in [6, 6.07) is 20.7. The lowest BCUT2D eigenvalue weighted by molar-refractivity contribution is 0.243. The predicted octanol–water partition coefficient (Wildman–Crippen LogP) is 4.03. The Morgan fingerprint density at radius 2 is 1.80 bits per heavy atom.